The summed E-state index contributed by atoms with van der Waals surface area (Å²) in [5, 5.41) is 0.150. The summed E-state index contributed by atoms with van der Waals surface area (Å²) < 4.78 is 30.0. The predicted octanol–water partition coefficient (Wildman–Crippen LogP) is 4.13. The molecule has 108 valence electrons. The van der Waals surface area contributed by atoms with E-state index in [0.29, 0.717) is 21.6 Å². The average Bonchev–Trinajstić information content (AvgIpc) is 2.66. The largest absolute Gasteiger partial charge is 0.275 e. The molecule has 0 fully saturated rings. The van der Waals surface area contributed by atoms with E-state index < -0.39 is 11.6 Å². The van der Waals surface area contributed by atoms with E-state index in [9.17, 15) is 8.78 Å². The molecule has 0 spiro atoms. The minimum absolute atomic E-state index is 0.150. The molecule has 0 saturated carbocycles. The first-order chi connectivity index (χ1) is 9.88. The fraction of sp³-hybridized carbons (Fsp3) is 0.154. The van der Waals surface area contributed by atoms with Crippen molar-refractivity contribution in [2.75, 3.05) is 0 Å². The Morgan fingerprint density at radius 3 is 2.33 bits per heavy atom. The van der Waals surface area contributed by atoms with Gasteiger partial charge >= 0.3 is 0 Å². The van der Waals surface area contributed by atoms with Gasteiger partial charge in [-0.15, -0.1) is 0 Å². The van der Waals surface area contributed by atoms with Crippen LogP contribution in [0.25, 0.3) is 16.9 Å². The van der Waals surface area contributed by atoms with Gasteiger partial charge in [0.25, 0.3) is 0 Å². The molecule has 0 aliphatic rings. The van der Waals surface area contributed by atoms with E-state index in [1.165, 1.54) is 16.7 Å². The van der Waals surface area contributed by atoms with Crippen molar-refractivity contribution in [2.45, 2.75) is 13.8 Å². The minimum atomic E-state index is -0.725. The maximum Gasteiger partial charge on any atom is 0.170 e. The molecule has 1 aromatic carbocycles. The first-order valence-corrected chi connectivity index (χ1v) is 7.09. The molecular formula is C13H8BrClF2N4. The lowest BCUT2D eigenvalue weighted by molar-refractivity contribution is 0.567. The normalized spacial score (nSPS) is 11.3. The molecule has 0 radical (unpaired) electrons. The SMILES string of the molecule is Cc1nc(Cl)c2nc(C)n(-c3c(F)cc(Br)cc3F)c2n1. The fourth-order valence-corrected chi connectivity index (χ4v) is 2.80. The van der Waals surface area contributed by atoms with Gasteiger partial charge in [-0.2, -0.15) is 0 Å². The van der Waals surface area contributed by atoms with Crippen molar-refractivity contribution >= 4 is 38.7 Å². The smallest absolute Gasteiger partial charge is 0.170 e. The maximum atomic E-state index is 14.2. The summed E-state index contributed by atoms with van der Waals surface area (Å²) in [6.07, 6.45) is 0. The number of hydrogen-bond donors (Lipinski definition) is 0. The minimum Gasteiger partial charge on any atom is -0.275 e. The molecule has 0 amide bonds. The lowest BCUT2D eigenvalue weighted by Gasteiger charge is -2.09. The molecule has 0 aliphatic carbocycles. The summed E-state index contributed by atoms with van der Waals surface area (Å²) >= 11 is 9.07. The van der Waals surface area contributed by atoms with Crippen molar-refractivity contribution in [3.63, 3.8) is 0 Å². The Morgan fingerprint density at radius 1 is 1.10 bits per heavy atom. The van der Waals surface area contributed by atoms with E-state index in [1.807, 2.05) is 0 Å². The molecule has 4 nitrogen and oxygen atoms in total. The molecule has 0 aliphatic heterocycles. The second-order valence-electron chi connectivity index (χ2n) is 4.45. The summed E-state index contributed by atoms with van der Waals surface area (Å²) in [4.78, 5) is 12.4. The number of aromatic nitrogens is 4. The van der Waals surface area contributed by atoms with Gasteiger partial charge in [-0.1, -0.05) is 27.5 Å². The average molecular weight is 374 g/mol. The Morgan fingerprint density at radius 2 is 1.71 bits per heavy atom. The van der Waals surface area contributed by atoms with Crippen LogP contribution >= 0.6 is 27.5 Å². The molecule has 3 aromatic rings. The monoisotopic (exact) mass is 372 g/mol. The highest BCUT2D eigenvalue weighted by Gasteiger charge is 2.20. The van der Waals surface area contributed by atoms with Crippen molar-refractivity contribution in [2.24, 2.45) is 0 Å². The molecule has 2 heterocycles. The standard InChI is InChI=1S/C13H8BrClF2N4/c1-5-18-12(15)10-13(19-5)21(6(2)20-10)11-8(16)3-7(14)4-9(11)17/h3-4H,1-2H3. The first kappa shape index (κ1) is 14.3. The zero-order chi connectivity index (χ0) is 15.3. The zero-order valence-electron chi connectivity index (χ0n) is 11.0. The molecule has 0 unspecified atom stereocenters. The highest BCUT2D eigenvalue weighted by Crippen LogP contribution is 2.29. The zero-order valence-corrected chi connectivity index (χ0v) is 13.3. The van der Waals surface area contributed by atoms with Crippen LogP contribution in [0.4, 0.5) is 8.78 Å². The van der Waals surface area contributed by atoms with Gasteiger partial charge in [0.1, 0.15) is 22.9 Å². The third-order valence-electron chi connectivity index (χ3n) is 2.95. The van der Waals surface area contributed by atoms with Crippen LogP contribution in [0, 0.1) is 25.5 Å². The first-order valence-electron chi connectivity index (χ1n) is 5.92. The summed E-state index contributed by atoms with van der Waals surface area (Å²) in [5.41, 5.74) is 0.332. The van der Waals surface area contributed by atoms with Crippen LogP contribution in [-0.4, -0.2) is 19.5 Å². The summed E-state index contributed by atoms with van der Waals surface area (Å²) in [6, 6.07) is 2.36. The van der Waals surface area contributed by atoms with Crippen LogP contribution in [0.2, 0.25) is 5.15 Å². The van der Waals surface area contributed by atoms with Crippen LogP contribution in [0.15, 0.2) is 16.6 Å². The Bertz CT molecular complexity index is 855. The van der Waals surface area contributed by atoms with Gasteiger partial charge < -0.3 is 0 Å². The number of rotatable bonds is 1. The number of nitrogens with zero attached hydrogens (tertiary/aromatic N) is 4. The Balaban J connectivity index is 2.44. The highest BCUT2D eigenvalue weighted by atomic mass is 79.9. The van der Waals surface area contributed by atoms with E-state index >= 15 is 0 Å². The summed E-state index contributed by atoms with van der Waals surface area (Å²) in [7, 11) is 0. The number of imidazole rings is 1. The quantitative estimate of drug-likeness (QED) is 0.603. The molecule has 0 N–H and O–H groups in total. The number of hydrogen-bond acceptors (Lipinski definition) is 3. The second-order valence-corrected chi connectivity index (χ2v) is 5.72. The maximum absolute atomic E-state index is 14.2. The van der Waals surface area contributed by atoms with Crippen molar-refractivity contribution < 1.29 is 8.78 Å². The third-order valence-corrected chi connectivity index (χ3v) is 3.67. The number of fused-ring (bicyclic) bond motifs is 1. The van der Waals surface area contributed by atoms with Crippen LogP contribution in [-0.2, 0) is 0 Å². The molecule has 0 atom stereocenters. The van der Waals surface area contributed by atoms with Crippen molar-refractivity contribution in [1.29, 1.82) is 0 Å². The van der Waals surface area contributed by atoms with Gasteiger partial charge in [0.2, 0.25) is 0 Å². The molecule has 0 saturated heterocycles. The van der Waals surface area contributed by atoms with Crippen molar-refractivity contribution in [3.05, 3.63) is 45.0 Å². The summed E-state index contributed by atoms with van der Waals surface area (Å²) in [6.45, 7) is 3.26. The van der Waals surface area contributed by atoms with Gasteiger partial charge in [0.05, 0.1) is 0 Å². The third kappa shape index (κ3) is 2.30. The Kier molecular flexibility index (Phi) is 3.41. The topological polar surface area (TPSA) is 43.6 Å². The number of benzene rings is 1. The van der Waals surface area contributed by atoms with Gasteiger partial charge in [-0.3, -0.25) is 4.57 Å². The lowest BCUT2D eigenvalue weighted by Crippen LogP contribution is -2.05. The van der Waals surface area contributed by atoms with E-state index in [0.717, 1.165) is 0 Å². The van der Waals surface area contributed by atoms with Gasteiger partial charge in [-0.05, 0) is 26.0 Å². The van der Waals surface area contributed by atoms with Crippen LogP contribution in [0.3, 0.4) is 0 Å². The fourth-order valence-electron chi connectivity index (χ4n) is 2.15. The van der Waals surface area contributed by atoms with Gasteiger partial charge in [-0.25, -0.2) is 23.7 Å². The van der Waals surface area contributed by atoms with E-state index in [-0.39, 0.29) is 16.5 Å². The number of halogens is 4. The van der Waals surface area contributed by atoms with Crippen LogP contribution < -0.4 is 0 Å². The lowest BCUT2D eigenvalue weighted by atomic mass is 10.3. The van der Waals surface area contributed by atoms with E-state index in [1.54, 1.807) is 13.8 Å². The van der Waals surface area contributed by atoms with Crippen LogP contribution in [0.1, 0.15) is 11.6 Å². The van der Waals surface area contributed by atoms with E-state index in [4.69, 9.17) is 11.6 Å². The van der Waals surface area contributed by atoms with E-state index in [2.05, 4.69) is 30.9 Å². The Labute approximate surface area is 131 Å². The molecule has 3 rings (SSSR count). The summed E-state index contributed by atoms with van der Waals surface area (Å²) in [5.74, 6) is -0.688. The van der Waals surface area contributed by atoms with Crippen molar-refractivity contribution in [3.8, 4) is 5.69 Å². The number of aryl methyl sites for hydroxylation is 2. The molecule has 2 aromatic heterocycles. The predicted molar refractivity (Wildman–Crippen MR) is 78.8 cm³/mol. The van der Waals surface area contributed by atoms with Gasteiger partial charge in [0, 0.05) is 4.47 Å². The Hall–Kier alpha value is -1.60. The molecule has 21 heavy (non-hydrogen) atoms. The molecule has 8 heteroatoms. The molecule has 0 bridgehead atoms. The highest BCUT2D eigenvalue weighted by molar-refractivity contribution is 9.10. The van der Waals surface area contributed by atoms with Crippen molar-refractivity contribution in [1.82, 2.24) is 19.5 Å². The molecular weight excluding hydrogens is 366 g/mol. The van der Waals surface area contributed by atoms with Gasteiger partial charge in [0.15, 0.2) is 22.4 Å². The second kappa shape index (κ2) is 4.99. The van der Waals surface area contributed by atoms with Crippen LogP contribution in [0.5, 0.6) is 0 Å².